The van der Waals surface area contributed by atoms with E-state index in [2.05, 4.69) is 5.32 Å². The first-order valence-corrected chi connectivity index (χ1v) is 5.67. The van der Waals surface area contributed by atoms with Crippen LogP contribution in [0.5, 0.6) is 0 Å². The average molecular weight is 228 g/mol. The molecule has 0 aromatic carbocycles. The number of hydrogen-bond acceptors (Lipinski definition) is 3. The number of carbonyl (C=O) groups excluding carboxylic acids is 1. The largest absolute Gasteiger partial charge is 0.481 e. The minimum absolute atomic E-state index is 0.278. The van der Waals surface area contributed by atoms with Gasteiger partial charge in [-0.2, -0.15) is 0 Å². The molecule has 92 valence electrons. The van der Waals surface area contributed by atoms with Crippen LogP contribution in [-0.4, -0.2) is 29.1 Å². The molecule has 1 aliphatic rings. The second-order valence-corrected chi connectivity index (χ2v) is 4.82. The normalized spacial score (nSPS) is 31.8. The van der Waals surface area contributed by atoms with Crippen molar-refractivity contribution in [2.24, 2.45) is 11.1 Å². The summed E-state index contributed by atoms with van der Waals surface area (Å²) in [5.41, 5.74) is 4.60. The molecule has 0 aromatic heterocycles. The molecule has 0 saturated heterocycles. The molecule has 1 aliphatic carbocycles. The van der Waals surface area contributed by atoms with E-state index in [4.69, 9.17) is 5.73 Å². The van der Waals surface area contributed by atoms with Gasteiger partial charge in [0.2, 0.25) is 5.91 Å². The molecule has 4 N–H and O–H groups in total. The van der Waals surface area contributed by atoms with E-state index in [0.29, 0.717) is 12.8 Å². The van der Waals surface area contributed by atoms with Gasteiger partial charge in [0.05, 0.1) is 11.5 Å². The van der Waals surface area contributed by atoms with Gasteiger partial charge in [-0.1, -0.05) is 12.8 Å². The second-order valence-electron chi connectivity index (χ2n) is 4.82. The Labute approximate surface area is 95.4 Å². The molecule has 0 spiro atoms. The number of nitrogens with one attached hydrogen (secondary N) is 1. The van der Waals surface area contributed by atoms with Crippen LogP contribution in [0.1, 0.15) is 39.5 Å². The number of hydrogen-bond donors (Lipinski definition) is 3. The topological polar surface area (TPSA) is 92.4 Å². The van der Waals surface area contributed by atoms with Gasteiger partial charge in [-0.15, -0.1) is 0 Å². The van der Waals surface area contributed by atoms with Gasteiger partial charge in [0.15, 0.2) is 0 Å². The second kappa shape index (κ2) is 4.82. The monoisotopic (exact) mass is 228 g/mol. The molecule has 2 unspecified atom stereocenters. The number of carboxylic acids is 1. The highest BCUT2D eigenvalue weighted by atomic mass is 16.4. The molecule has 0 aromatic rings. The number of rotatable bonds is 3. The fourth-order valence-electron chi connectivity index (χ4n) is 2.12. The van der Waals surface area contributed by atoms with Crippen molar-refractivity contribution in [3.05, 3.63) is 0 Å². The van der Waals surface area contributed by atoms with E-state index in [9.17, 15) is 14.7 Å². The molecular weight excluding hydrogens is 208 g/mol. The van der Waals surface area contributed by atoms with Crippen LogP contribution in [0.3, 0.4) is 0 Å². The van der Waals surface area contributed by atoms with Gasteiger partial charge < -0.3 is 16.2 Å². The number of carbonyl (C=O) groups is 2. The van der Waals surface area contributed by atoms with E-state index in [1.807, 2.05) is 0 Å². The van der Waals surface area contributed by atoms with Gasteiger partial charge in [-0.3, -0.25) is 9.59 Å². The maximum absolute atomic E-state index is 11.5. The molecular formula is C11H20N2O3. The SMILES string of the molecule is C[C@H](N)C(=O)NC1CCCCC1(C)C(=O)O. The summed E-state index contributed by atoms with van der Waals surface area (Å²) in [7, 11) is 0. The van der Waals surface area contributed by atoms with Gasteiger partial charge >= 0.3 is 5.97 Å². The molecule has 0 bridgehead atoms. The van der Waals surface area contributed by atoms with E-state index in [1.54, 1.807) is 13.8 Å². The van der Waals surface area contributed by atoms with E-state index in [0.717, 1.165) is 12.8 Å². The Hall–Kier alpha value is -1.10. The molecule has 5 heteroatoms. The summed E-state index contributed by atoms with van der Waals surface area (Å²) >= 11 is 0. The Morgan fingerprint density at radius 3 is 2.62 bits per heavy atom. The summed E-state index contributed by atoms with van der Waals surface area (Å²) in [5.74, 6) is -1.12. The Balaban J connectivity index is 2.75. The van der Waals surface area contributed by atoms with Crippen molar-refractivity contribution in [3.8, 4) is 0 Å². The van der Waals surface area contributed by atoms with Crippen LogP contribution >= 0.6 is 0 Å². The molecule has 5 nitrogen and oxygen atoms in total. The lowest BCUT2D eigenvalue weighted by Gasteiger charge is -2.38. The third-order valence-electron chi connectivity index (χ3n) is 3.43. The smallest absolute Gasteiger partial charge is 0.311 e. The zero-order valence-corrected chi connectivity index (χ0v) is 9.82. The first kappa shape index (κ1) is 13.0. The summed E-state index contributed by atoms with van der Waals surface area (Å²) < 4.78 is 0. The van der Waals surface area contributed by atoms with Crippen LogP contribution in [0.25, 0.3) is 0 Å². The quantitative estimate of drug-likeness (QED) is 0.655. The summed E-state index contributed by atoms with van der Waals surface area (Å²) in [5, 5.41) is 12.0. The van der Waals surface area contributed by atoms with E-state index >= 15 is 0 Å². The van der Waals surface area contributed by atoms with Gasteiger partial charge in [0, 0.05) is 6.04 Å². The Bertz CT molecular complexity index is 291. The maximum Gasteiger partial charge on any atom is 0.311 e. The maximum atomic E-state index is 11.5. The molecule has 1 saturated carbocycles. The van der Waals surface area contributed by atoms with Crippen LogP contribution in [0.4, 0.5) is 0 Å². The molecule has 1 rings (SSSR count). The fourth-order valence-corrected chi connectivity index (χ4v) is 2.12. The summed E-state index contributed by atoms with van der Waals surface area (Å²) in [6, 6.07) is -0.905. The zero-order valence-electron chi connectivity index (χ0n) is 9.82. The highest BCUT2D eigenvalue weighted by molar-refractivity contribution is 5.83. The third kappa shape index (κ3) is 2.52. The zero-order chi connectivity index (χ0) is 12.3. The number of amides is 1. The number of aliphatic carboxylic acids is 1. The van der Waals surface area contributed by atoms with Crippen molar-refractivity contribution in [2.75, 3.05) is 0 Å². The fraction of sp³-hybridized carbons (Fsp3) is 0.818. The first-order valence-electron chi connectivity index (χ1n) is 5.67. The number of carboxylic acid groups (broad SMARTS) is 1. The predicted molar refractivity (Wildman–Crippen MR) is 59.8 cm³/mol. The van der Waals surface area contributed by atoms with Crippen molar-refractivity contribution >= 4 is 11.9 Å². The molecule has 1 fully saturated rings. The van der Waals surface area contributed by atoms with Crippen LogP contribution < -0.4 is 11.1 Å². The van der Waals surface area contributed by atoms with Crippen molar-refractivity contribution < 1.29 is 14.7 Å². The number of nitrogens with two attached hydrogens (primary N) is 1. The van der Waals surface area contributed by atoms with Crippen LogP contribution in [0.2, 0.25) is 0 Å². The van der Waals surface area contributed by atoms with Crippen molar-refractivity contribution in [3.63, 3.8) is 0 Å². The average Bonchev–Trinajstić information content (AvgIpc) is 2.21. The summed E-state index contributed by atoms with van der Waals surface area (Å²) in [6.45, 7) is 3.29. The predicted octanol–water partition coefficient (Wildman–Crippen LogP) is 0.483. The van der Waals surface area contributed by atoms with Gasteiger partial charge in [0.1, 0.15) is 0 Å². The van der Waals surface area contributed by atoms with Gasteiger partial charge in [-0.05, 0) is 26.7 Å². The lowest BCUT2D eigenvalue weighted by molar-refractivity contribution is -0.152. The molecule has 1 amide bonds. The van der Waals surface area contributed by atoms with E-state index < -0.39 is 17.4 Å². The summed E-state index contributed by atoms with van der Waals surface area (Å²) in [4.78, 5) is 22.7. The van der Waals surface area contributed by atoms with Gasteiger partial charge in [-0.25, -0.2) is 0 Å². The Morgan fingerprint density at radius 2 is 2.12 bits per heavy atom. The van der Waals surface area contributed by atoms with Crippen molar-refractivity contribution in [1.82, 2.24) is 5.32 Å². The lowest BCUT2D eigenvalue weighted by atomic mass is 9.71. The third-order valence-corrected chi connectivity index (χ3v) is 3.43. The Morgan fingerprint density at radius 1 is 1.50 bits per heavy atom. The Kier molecular flexibility index (Phi) is 3.91. The van der Waals surface area contributed by atoms with Gasteiger partial charge in [0.25, 0.3) is 0 Å². The molecule has 0 heterocycles. The lowest BCUT2D eigenvalue weighted by Crippen LogP contribution is -2.54. The van der Waals surface area contributed by atoms with Crippen molar-refractivity contribution in [1.29, 1.82) is 0 Å². The van der Waals surface area contributed by atoms with Crippen molar-refractivity contribution in [2.45, 2.75) is 51.6 Å². The van der Waals surface area contributed by atoms with Crippen LogP contribution in [0, 0.1) is 5.41 Å². The van der Waals surface area contributed by atoms with E-state index in [-0.39, 0.29) is 11.9 Å². The molecule has 3 atom stereocenters. The van der Waals surface area contributed by atoms with Crippen LogP contribution in [0.15, 0.2) is 0 Å². The summed E-state index contributed by atoms with van der Waals surface area (Å²) in [6.07, 6.45) is 3.16. The molecule has 0 aliphatic heterocycles. The van der Waals surface area contributed by atoms with Crippen LogP contribution in [-0.2, 0) is 9.59 Å². The standard InChI is InChI=1S/C11H20N2O3/c1-7(12)9(14)13-8-5-3-4-6-11(8,2)10(15)16/h7-8H,3-6,12H2,1-2H3,(H,13,14)(H,15,16)/t7-,8?,11?/m0/s1. The molecule has 16 heavy (non-hydrogen) atoms. The highest BCUT2D eigenvalue weighted by Gasteiger charge is 2.43. The first-order chi connectivity index (χ1) is 7.38. The van der Waals surface area contributed by atoms with E-state index in [1.165, 1.54) is 0 Å². The molecule has 0 radical (unpaired) electrons. The highest BCUT2D eigenvalue weighted by Crippen LogP contribution is 2.36. The minimum Gasteiger partial charge on any atom is -0.481 e. The minimum atomic E-state index is -0.858.